The lowest BCUT2D eigenvalue weighted by Crippen LogP contribution is -2.55. The molecule has 2 aliphatic rings. The molecule has 30 heavy (non-hydrogen) atoms. The quantitative estimate of drug-likeness (QED) is 0.646. The Bertz CT molecular complexity index is 1080. The number of carbonyl (C=O) groups is 1. The van der Waals surface area contributed by atoms with E-state index < -0.39 is 11.9 Å². The number of hydrogen-bond acceptors (Lipinski definition) is 6. The van der Waals surface area contributed by atoms with Gasteiger partial charge in [0.15, 0.2) is 6.35 Å². The number of likely N-dealkylation sites (tertiary alicyclic amines) is 1. The number of nitrogens with one attached hydrogen (secondary N) is 1. The van der Waals surface area contributed by atoms with Crippen molar-refractivity contribution in [1.29, 1.82) is 0 Å². The zero-order valence-corrected chi connectivity index (χ0v) is 18.2. The summed E-state index contributed by atoms with van der Waals surface area (Å²) in [5, 5.41) is 14.3. The van der Waals surface area contributed by atoms with E-state index in [4.69, 9.17) is 11.6 Å². The van der Waals surface area contributed by atoms with Gasteiger partial charge in [-0.1, -0.05) is 17.7 Å². The molecule has 3 heterocycles. The van der Waals surface area contributed by atoms with Crippen molar-refractivity contribution in [2.24, 2.45) is 0 Å². The molecule has 5 rings (SSSR count). The van der Waals surface area contributed by atoms with E-state index in [1.54, 1.807) is 35.6 Å². The van der Waals surface area contributed by atoms with Crippen molar-refractivity contribution in [1.82, 2.24) is 15.2 Å². The summed E-state index contributed by atoms with van der Waals surface area (Å²) in [6.45, 7) is 3.75. The van der Waals surface area contributed by atoms with E-state index in [1.807, 2.05) is 5.51 Å². The van der Waals surface area contributed by atoms with Crippen LogP contribution in [-0.2, 0) is 4.79 Å². The minimum Gasteiger partial charge on any atom is -0.360 e. The number of fused-ring (bicyclic) bond motifs is 1. The molecule has 2 saturated heterocycles. The Morgan fingerprint density at radius 3 is 2.70 bits per heavy atom. The summed E-state index contributed by atoms with van der Waals surface area (Å²) in [5.74, 6) is -0.0754. The third-order valence-corrected chi connectivity index (χ3v) is 7.48. The van der Waals surface area contributed by atoms with E-state index in [0.717, 1.165) is 18.6 Å². The molecule has 8 heteroatoms. The van der Waals surface area contributed by atoms with Gasteiger partial charge in [-0.25, -0.2) is 4.98 Å². The lowest BCUT2D eigenvalue weighted by atomic mass is 9.86. The molecule has 156 valence electrons. The van der Waals surface area contributed by atoms with Crippen LogP contribution in [0, 0.1) is 0 Å². The Labute approximate surface area is 184 Å². The first-order valence-corrected chi connectivity index (χ1v) is 11.3. The predicted octanol–water partition coefficient (Wildman–Crippen LogP) is 3.76. The SMILES string of the molecule is CC(c1ccc2scnc2c1)N1CCC2(CC1)NC(O)N(c1ccc(Cl)cc1)C2=O. The number of piperidine rings is 1. The summed E-state index contributed by atoms with van der Waals surface area (Å²) in [5.41, 5.74) is 4.06. The maximum Gasteiger partial charge on any atom is 0.250 e. The van der Waals surface area contributed by atoms with Crippen LogP contribution >= 0.6 is 22.9 Å². The molecule has 2 N–H and O–H groups in total. The van der Waals surface area contributed by atoms with Crippen LogP contribution < -0.4 is 10.2 Å². The van der Waals surface area contributed by atoms with E-state index in [9.17, 15) is 9.90 Å². The zero-order valence-electron chi connectivity index (χ0n) is 16.6. The highest BCUT2D eigenvalue weighted by Gasteiger charge is 2.52. The molecule has 1 aromatic heterocycles. The molecular weight excluding hydrogens is 420 g/mol. The summed E-state index contributed by atoms with van der Waals surface area (Å²) in [6.07, 6.45) is 0.265. The molecular formula is C22H23ClN4O2S. The minimum absolute atomic E-state index is 0.0754. The second-order valence-electron chi connectivity index (χ2n) is 8.04. The number of aliphatic hydroxyl groups is 1. The first-order valence-electron chi connectivity index (χ1n) is 10.1. The highest BCUT2D eigenvalue weighted by molar-refractivity contribution is 7.16. The van der Waals surface area contributed by atoms with E-state index in [-0.39, 0.29) is 11.9 Å². The lowest BCUT2D eigenvalue weighted by Gasteiger charge is -2.40. The minimum atomic E-state index is -1.03. The van der Waals surface area contributed by atoms with Crippen molar-refractivity contribution in [3.8, 4) is 0 Å². The smallest absolute Gasteiger partial charge is 0.250 e. The van der Waals surface area contributed by atoms with Crippen molar-refractivity contribution in [3.63, 3.8) is 0 Å². The van der Waals surface area contributed by atoms with Crippen molar-refractivity contribution in [3.05, 3.63) is 58.6 Å². The van der Waals surface area contributed by atoms with Crippen LogP contribution in [-0.4, -0.2) is 45.9 Å². The Morgan fingerprint density at radius 2 is 1.97 bits per heavy atom. The molecule has 0 bridgehead atoms. The van der Waals surface area contributed by atoms with Crippen molar-refractivity contribution in [2.75, 3.05) is 18.0 Å². The van der Waals surface area contributed by atoms with Gasteiger partial charge in [0.05, 0.1) is 15.7 Å². The van der Waals surface area contributed by atoms with E-state index in [0.29, 0.717) is 23.6 Å². The van der Waals surface area contributed by atoms with Gasteiger partial charge in [0, 0.05) is 29.8 Å². The number of rotatable bonds is 3. The fraction of sp³-hybridized carbons (Fsp3) is 0.364. The number of aliphatic hydroxyl groups excluding tert-OH is 1. The second-order valence-corrected chi connectivity index (χ2v) is 9.37. The molecule has 0 saturated carbocycles. The van der Waals surface area contributed by atoms with E-state index >= 15 is 0 Å². The summed E-state index contributed by atoms with van der Waals surface area (Å²) < 4.78 is 1.19. The monoisotopic (exact) mass is 442 g/mol. The molecule has 0 radical (unpaired) electrons. The number of anilines is 1. The second kappa shape index (κ2) is 7.59. The van der Waals surface area contributed by atoms with Gasteiger partial charge in [0.1, 0.15) is 5.54 Å². The average molecular weight is 443 g/mol. The molecule has 0 aliphatic carbocycles. The predicted molar refractivity (Wildman–Crippen MR) is 120 cm³/mol. The van der Waals surface area contributed by atoms with Crippen LogP contribution in [0.4, 0.5) is 5.69 Å². The van der Waals surface area contributed by atoms with Gasteiger partial charge < -0.3 is 5.11 Å². The van der Waals surface area contributed by atoms with Gasteiger partial charge in [-0.15, -0.1) is 11.3 Å². The highest BCUT2D eigenvalue weighted by atomic mass is 35.5. The molecule has 2 aromatic carbocycles. The van der Waals surface area contributed by atoms with Crippen LogP contribution in [0.15, 0.2) is 48.0 Å². The first-order chi connectivity index (χ1) is 14.5. The Hall–Kier alpha value is -2.03. The number of aromatic nitrogens is 1. The maximum absolute atomic E-state index is 13.3. The molecule has 2 unspecified atom stereocenters. The fourth-order valence-electron chi connectivity index (χ4n) is 4.57. The Morgan fingerprint density at radius 1 is 1.23 bits per heavy atom. The van der Waals surface area contributed by atoms with Crippen LogP contribution in [0.5, 0.6) is 0 Å². The van der Waals surface area contributed by atoms with Crippen LogP contribution in [0.3, 0.4) is 0 Å². The van der Waals surface area contributed by atoms with Crippen molar-refractivity contribution in [2.45, 2.75) is 37.7 Å². The number of benzene rings is 2. The lowest BCUT2D eigenvalue weighted by molar-refractivity contribution is -0.124. The number of nitrogens with zero attached hydrogens (tertiary/aromatic N) is 3. The van der Waals surface area contributed by atoms with Crippen LogP contribution in [0.25, 0.3) is 10.2 Å². The van der Waals surface area contributed by atoms with Gasteiger partial charge in [-0.2, -0.15) is 0 Å². The van der Waals surface area contributed by atoms with Gasteiger partial charge >= 0.3 is 0 Å². The summed E-state index contributed by atoms with van der Waals surface area (Å²) >= 11 is 7.61. The van der Waals surface area contributed by atoms with Crippen molar-refractivity contribution < 1.29 is 9.90 Å². The average Bonchev–Trinajstić information content (AvgIpc) is 3.31. The molecule has 1 spiro atoms. The van der Waals surface area contributed by atoms with Gasteiger partial charge in [0.25, 0.3) is 5.91 Å². The maximum atomic E-state index is 13.3. The molecule has 6 nitrogen and oxygen atoms in total. The largest absolute Gasteiger partial charge is 0.360 e. The van der Waals surface area contributed by atoms with Crippen LogP contribution in [0.1, 0.15) is 31.4 Å². The standard InChI is InChI=1S/C22H23ClN4O2S/c1-14(15-2-7-19-18(12-15)24-13-30-19)26-10-8-22(9-11-26)20(28)27(21(29)25-22)17-5-3-16(23)4-6-17/h2-7,12-14,21,25,29H,8-11H2,1H3. The third kappa shape index (κ3) is 3.31. The summed E-state index contributed by atoms with van der Waals surface area (Å²) in [6, 6.07) is 13.7. The van der Waals surface area contributed by atoms with Gasteiger partial charge in [-0.3, -0.25) is 19.9 Å². The molecule has 2 atom stereocenters. The van der Waals surface area contributed by atoms with Crippen LogP contribution in [0.2, 0.25) is 5.02 Å². The topological polar surface area (TPSA) is 68.7 Å². The summed E-state index contributed by atoms with van der Waals surface area (Å²) in [4.78, 5) is 21.5. The number of amides is 1. The van der Waals surface area contributed by atoms with Gasteiger partial charge in [-0.05, 0) is 61.7 Å². The van der Waals surface area contributed by atoms with E-state index in [2.05, 4.69) is 40.3 Å². The Kier molecular flexibility index (Phi) is 5.03. The molecule has 2 fully saturated rings. The number of thiazole rings is 1. The summed E-state index contributed by atoms with van der Waals surface area (Å²) in [7, 11) is 0. The zero-order chi connectivity index (χ0) is 20.9. The molecule has 1 amide bonds. The fourth-order valence-corrected chi connectivity index (χ4v) is 5.36. The van der Waals surface area contributed by atoms with Crippen molar-refractivity contribution >= 4 is 44.7 Å². The number of hydrogen-bond donors (Lipinski definition) is 2. The Balaban J connectivity index is 1.31. The third-order valence-electron chi connectivity index (χ3n) is 6.42. The number of carbonyl (C=O) groups excluding carboxylic acids is 1. The normalized spacial score (nSPS) is 22.8. The first kappa shape index (κ1) is 19.9. The van der Waals surface area contributed by atoms with Gasteiger partial charge in [0.2, 0.25) is 0 Å². The molecule has 3 aromatic rings. The highest BCUT2D eigenvalue weighted by Crippen LogP contribution is 2.36. The number of halogens is 1. The molecule has 2 aliphatic heterocycles. The van der Waals surface area contributed by atoms with E-state index in [1.165, 1.54) is 15.2 Å².